The van der Waals surface area contributed by atoms with Gasteiger partial charge in [0.05, 0.1) is 0 Å². The van der Waals surface area contributed by atoms with Crippen LogP contribution in [0.25, 0.3) is 0 Å². The first-order valence-electron chi connectivity index (χ1n) is 5.47. The van der Waals surface area contributed by atoms with Gasteiger partial charge in [-0.2, -0.15) is 0 Å². The summed E-state index contributed by atoms with van der Waals surface area (Å²) < 4.78 is 13.6. The first-order chi connectivity index (χ1) is 7.06. The Bertz CT molecular complexity index is 322. The van der Waals surface area contributed by atoms with Crippen LogP contribution < -0.4 is 5.32 Å². The van der Waals surface area contributed by atoms with E-state index in [1.54, 1.807) is 6.07 Å². The molecule has 0 saturated carbocycles. The zero-order valence-electron chi connectivity index (χ0n) is 9.97. The molecule has 1 aromatic rings. The van der Waals surface area contributed by atoms with Gasteiger partial charge in [-0.1, -0.05) is 31.5 Å². The van der Waals surface area contributed by atoms with Crippen LogP contribution >= 0.6 is 0 Å². The molecule has 2 heteroatoms. The van der Waals surface area contributed by atoms with Gasteiger partial charge in [-0.25, -0.2) is 4.39 Å². The molecule has 1 nitrogen and oxygen atoms in total. The maximum absolute atomic E-state index is 13.6. The quantitative estimate of drug-likeness (QED) is 0.803. The number of hydrogen-bond donors (Lipinski definition) is 1. The Morgan fingerprint density at radius 2 is 2.00 bits per heavy atom. The summed E-state index contributed by atoms with van der Waals surface area (Å²) in [6.07, 6.45) is 0. The lowest BCUT2D eigenvalue weighted by atomic mass is 9.88. The van der Waals surface area contributed by atoms with Crippen LogP contribution in [0.1, 0.15) is 30.9 Å². The molecular formula is C13H20FN. The summed E-state index contributed by atoms with van der Waals surface area (Å²) in [5.74, 6) is 0.597. The predicted molar refractivity (Wildman–Crippen MR) is 62.6 cm³/mol. The van der Waals surface area contributed by atoms with Crippen LogP contribution in [-0.2, 0) is 0 Å². The van der Waals surface area contributed by atoms with Crippen LogP contribution in [0.2, 0.25) is 0 Å². The minimum atomic E-state index is -0.0870. The van der Waals surface area contributed by atoms with Crippen molar-refractivity contribution in [1.29, 1.82) is 0 Å². The SMILES string of the molecule is CNCC(C)C(C)c1cc(C)ccc1F. The maximum atomic E-state index is 13.6. The summed E-state index contributed by atoms with van der Waals surface area (Å²) in [6, 6.07) is 5.33. The van der Waals surface area contributed by atoms with Gasteiger partial charge in [0.1, 0.15) is 5.82 Å². The molecule has 1 aromatic carbocycles. The number of halogens is 1. The highest BCUT2D eigenvalue weighted by molar-refractivity contribution is 5.27. The largest absolute Gasteiger partial charge is 0.319 e. The molecule has 0 aliphatic rings. The molecule has 2 unspecified atom stereocenters. The molecule has 1 rings (SSSR count). The molecule has 15 heavy (non-hydrogen) atoms. The van der Waals surface area contributed by atoms with Gasteiger partial charge in [0.25, 0.3) is 0 Å². The topological polar surface area (TPSA) is 12.0 Å². The lowest BCUT2D eigenvalue weighted by Gasteiger charge is -2.20. The van der Waals surface area contributed by atoms with Crippen molar-refractivity contribution in [3.8, 4) is 0 Å². The standard InChI is InChI=1S/C13H20FN/c1-9-5-6-13(14)12(7-9)11(3)10(2)8-15-4/h5-7,10-11,15H,8H2,1-4H3. The van der Waals surface area contributed by atoms with Crippen molar-refractivity contribution < 1.29 is 4.39 Å². The first kappa shape index (κ1) is 12.2. The van der Waals surface area contributed by atoms with Crippen LogP contribution in [0, 0.1) is 18.7 Å². The van der Waals surface area contributed by atoms with Gasteiger partial charge in [-0.15, -0.1) is 0 Å². The van der Waals surface area contributed by atoms with Crippen molar-refractivity contribution in [1.82, 2.24) is 5.32 Å². The number of aryl methyl sites for hydroxylation is 1. The molecule has 0 aliphatic carbocycles. The summed E-state index contributed by atoms with van der Waals surface area (Å²) in [5, 5.41) is 3.13. The summed E-state index contributed by atoms with van der Waals surface area (Å²) in [5.41, 5.74) is 1.95. The zero-order chi connectivity index (χ0) is 11.4. The Kier molecular flexibility index (Phi) is 4.28. The number of nitrogens with one attached hydrogen (secondary N) is 1. The summed E-state index contributed by atoms with van der Waals surface area (Å²) in [7, 11) is 1.93. The molecule has 84 valence electrons. The van der Waals surface area contributed by atoms with E-state index in [1.165, 1.54) is 0 Å². The van der Waals surface area contributed by atoms with Gasteiger partial charge in [0, 0.05) is 0 Å². The fourth-order valence-corrected chi connectivity index (χ4v) is 1.82. The number of benzene rings is 1. The van der Waals surface area contributed by atoms with Crippen LogP contribution in [0.4, 0.5) is 4.39 Å². The van der Waals surface area contributed by atoms with E-state index in [1.807, 2.05) is 26.1 Å². The van der Waals surface area contributed by atoms with Crippen molar-refractivity contribution in [3.63, 3.8) is 0 Å². The lowest BCUT2D eigenvalue weighted by Crippen LogP contribution is -2.21. The van der Waals surface area contributed by atoms with Crippen LogP contribution in [0.5, 0.6) is 0 Å². The van der Waals surface area contributed by atoms with Crippen molar-refractivity contribution in [2.45, 2.75) is 26.7 Å². The first-order valence-corrected chi connectivity index (χ1v) is 5.47. The third-order valence-electron chi connectivity index (χ3n) is 3.02. The predicted octanol–water partition coefficient (Wildman–Crippen LogP) is 3.09. The molecule has 0 amide bonds. The van der Waals surface area contributed by atoms with Crippen molar-refractivity contribution in [2.75, 3.05) is 13.6 Å². The van der Waals surface area contributed by atoms with Gasteiger partial charge >= 0.3 is 0 Å². The average molecular weight is 209 g/mol. The minimum absolute atomic E-state index is 0.0870. The molecule has 0 saturated heterocycles. The highest BCUT2D eigenvalue weighted by Crippen LogP contribution is 2.26. The molecule has 0 fully saturated rings. The van der Waals surface area contributed by atoms with Crippen molar-refractivity contribution >= 4 is 0 Å². The summed E-state index contributed by atoms with van der Waals surface area (Å²) in [4.78, 5) is 0. The second-order valence-electron chi connectivity index (χ2n) is 4.35. The van der Waals surface area contributed by atoms with E-state index in [0.29, 0.717) is 5.92 Å². The van der Waals surface area contributed by atoms with E-state index < -0.39 is 0 Å². The smallest absolute Gasteiger partial charge is 0.126 e. The number of rotatable bonds is 4. The second kappa shape index (κ2) is 5.26. The average Bonchev–Trinajstić information content (AvgIpc) is 2.21. The summed E-state index contributed by atoms with van der Waals surface area (Å²) >= 11 is 0. The second-order valence-corrected chi connectivity index (χ2v) is 4.35. The Balaban J connectivity index is 2.89. The Morgan fingerprint density at radius 1 is 1.33 bits per heavy atom. The Morgan fingerprint density at radius 3 is 2.60 bits per heavy atom. The maximum Gasteiger partial charge on any atom is 0.126 e. The van der Waals surface area contributed by atoms with Crippen molar-refractivity contribution in [3.05, 3.63) is 35.1 Å². The molecule has 2 atom stereocenters. The molecule has 0 bridgehead atoms. The minimum Gasteiger partial charge on any atom is -0.319 e. The van der Waals surface area contributed by atoms with E-state index in [9.17, 15) is 4.39 Å². The molecule has 0 radical (unpaired) electrons. The Labute approximate surface area is 91.7 Å². The van der Waals surface area contributed by atoms with Gasteiger partial charge in [-0.05, 0) is 44.0 Å². The molecule has 0 aromatic heterocycles. The third kappa shape index (κ3) is 3.03. The highest BCUT2D eigenvalue weighted by Gasteiger charge is 2.17. The summed E-state index contributed by atoms with van der Waals surface area (Å²) in [6.45, 7) is 7.13. The molecule has 0 aliphatic heterocycles. The van der Waals surface area contributed by atoms with Gasteiger partial charge < -0.3 is 5.32 Å². The van der Waals surface area contributed by atoms with Gasteiger partial charge in [0.15, 0.2) is 0 Å². The number of hydrogen-bond acceptors (Lipinski definition) is 1. The van der Waals surface area contributed by atoms with E-state index in [-0.39, 0.29) is 11.7 Å². The Hall–Kier alpha value is -0.890. The third-order valence-corrected chi connectivity index (χ3v) is 3.02. The van der Waals surface area contributed by atoms with Crippen LogP contribution in [-0.4, -0.2) is 13.6 Å². The van der Waals surface area contributed by atoms with Crippen LogP contribution in [0.15, 0.2) is 18.2 Å². The van der Waals surface area contributed by atoms with E-state index in [0.717, 1.165) is 17.7 Å². The molecule has 0 heterocycles. The zero-order valence-corrected chi connectivity index (χ0v) is 9.97. The van der Waals surface area contributed by atoms with E-state index in [2.05, 4.69) is 19.2 Å². The van der Waals surface area contributed by atoms with Gasteiger partial charge in [-0.3, -0.25) is 0 Å². The molecule has 0 spiro atoms. The van der Waals surface area contributed by atoms with E-state index in [4.69, 9.17) is 0 Å². The highest BCUT2D eigenvalue weighted by atomic mass is 19.1. The monoisotopic (exact) mass is 209 g/mol. The van der Waals surface area contributed by atoms with Crippen LogP contribution in [0.3, 0.4) is 0 Å². The van der Waals surface area contributed by atoms with Crippen molar-refractivity contribution in [2.24, 2.45) is 5.92 Å². The lowest BCUT2D eigenvalue weighted by molar-refractivity contribution is 0.449. The van der Waals surface area contributed by atoms with Gasteiger partial charge in [0.2, 0.25) is 0 Å². The fraction of sp³-hybridized carbons (Fsp3) is 0.538. The molecular weight excluding hydrogens is 189 g/mol. The molecule has 1 N–H and O–H groups in total. The normalized spacial score (nSPS) is 15.0. The fourth-order valence-electron chi connectivity index (χ4n) is 1.82. The van der Waals surface area contributed by atoms with E-state index >= 15 is 0 Å².